The molecule has 0 saturated heterocycles. The number of rotatable bonds is 3. The molecular formula is C15H17NO. The van der Waals surface area contributed by atoms with E-state index in [0.29, 0.717) is 0 Å². The molecule has 0 aliphatic carbocycles. The number of aliphatic hydroxyl groups excluding tert-OH is 1. The lowest BCUT2D eigenvalue weighted by atomic mass is 9.99. The van der Waals surface area contributed by atoms with Gasteiger partial charge in [0.1, 0.15) is 0 Å². The predicted molar refractivity (Wildman–Crippen MR) is 70.5 cm³/mol. The van der Waals surface area contributed by atoms with Gasteiger partial charge in [0, 0.05) is 0 Å². The Labute approximate surface area is 102 Å². The van der Waals surface area contributed by atoms with Crippen LogP contribution in [0, 0.1) is 0 Å². The van der Waals surface area contributed by atoms with Gasteiger partial charge in [-0.2, -0.15) is 0 Å². The van der Waals surface area contributed by atoms with E-state index in [1.807, 2.05) is 42.5 Å². The van der Waals surface area contributed by atoms with Gasteiger partial charge in [-0.25, -0.2) is 0 Å². The average molecular weight is 227 g/mol. The summed E-state index contributed by atoms with van der Waals surface area (Å²) >= 11 is 0. The fourth-order valence-corrected chi connectivity index (χ4v) is 1.81. The van der Waals surface area contributed by atoms with Crippen LogP contribution in [-0.4, -0.2) is 11.2 Å². The van der Waals surface area contributed by atoms with Gasteiger partial charge in [-0.1, -0.05) is 54.6 Å². The molecule has 88 valence electrons. The van der Waals surface area contributed by atoms with Crippen molar-refractivity contribution in [2.24, 2.45) is 5.73 Å². The van der Waals surface area contributed by atoms with Crippen molar-refractivity contribution >= 4 is 0 Å². The number of hydrogen-bond acceptors (Lipinski definition) is 2. The van der Waals surface area contributed by atoms with Crippen LogP contribution in [0.3, 0.4) is 0 Å². The van der Waals surface area contributed by atoms with E-state index in [-0.39, 0.29) is 6.04 Å². The van der Waals surface area contributed by atoms with Gasteiger partial charge < -0.3 is 10.8 Å². The zero-order valence-corrected chi connectivity index (χ0v) is 9.88. The first-order valence-electron chi connectivity index (χ1n) is 5.77. The number of nitrogens with two attached hydrogens (primary N) is 1. The van der Waals surface area contributed by atoms with Crippen LogP contribution < -0.4 is 5.73 Å². The molecule has 0 radical (unpaired) electrons. The Morgan fingerprint density at radius 1 is 0.882 bits per heavy atom. The van der Waals surface area contributed by atoms with Gasteiger partial charge in [0.2, 0.25) is 0 Å². The Morgan fingerprint density at radius 2 is 1.41 bits per heavy atom. The molecule has 0 amide bonds. The Morgan fingerprint density at radius 3 is 1.94 bits per heavy atom. The largest absolute Gasteiger partial charge is 0.391 e. The van der Waals surface area contributed by atoms with Crippen molar-refractivity contribution in [2.45, 2.75) is 19.1 Å². The van der Waals surface area contributed by atoms with E-state index in [1.54, 1.807) is 6.92 Å². The highest BCUT2D eigenvalue weighted by molar-refractivity contribution is 5.63. The monoisotopic (exact) mass is 227 g/mol. The zero-order valence-electron chi connectivity index (χ0n) is 9.88. The summed E-state index contributed by atoms with van der Waals surface area (Å²) in [5.74, 6) is 0. The zero-order chi connectivity index (χ0) is 12.3. The smallest absolute Gasteiger partial charge is 0.0704 e. The van der Waals surface area contributed by atoms with Crippen LogP contribution in [0.1, 0.15) is 18.5 Å². The van der Waals surface area contributed by atoms with E-state index in [0.717, 1.165) is 11.1 Å². The normalized spacial score (nSPS) is 14.3. The van der Waals surface area contributed by atoms with Crippen LogP contribution in [0.5, 0.6) is 0 Å². The van der Waals surface area contributed by atoms with Crippen LogP contribution >= 0.6 is 0 Å². The first-order valence-corrected chi connectivity index (χ1v) is 5.77. The Hall–Kier alpha value is -1.64. The summed E-state index contributed by atoms with van der Waals surface area (Å²) < 4.78 is 0. The second-order valence-electron chi connectivity index (χ2n) is 4.25. The maximum atomic E-state index is 9.44. The molecule has 0 saturated carbocycles. The van der Waals surface area contributed by atoms with Crippen molar-refractivity contribution in [3.05, 3.63) is 60.2 Å². The molecule has 0 spiro atoms. The third kappa shape index (κ3) is 2.73. The Bertz CT molecular complexity index is 462. The number of hydrogen-bond donors (Lipinski definition) is 2. The summed E-state index contributed by atoms with van der Waals surface area (Å²) in [7, 11) is 0. The van der Waals surface area contributed by atoms with Gasteiger partial charge in [-0.05, 0) is 23.6 Å². The van der Waals surface area contributed by atoms with Crippen molar-refractivity contribution in [3.63, 3.8) is 0 Å². The Balaban J connectivity index is 2.25. The lowest BCUT2D eigenvalue weighted by Gasteiger charge is -2.15. The average Bonchev–Trinajstić information content (AvgIpc) is 2.39. The minimum absolute atomic E-state index is 0.320. The lowest BCUT2D eigenvalue weighted by molar-refractivity contribution is 0.164. The SMILES string of the molecule is C[C@@H](O)[C@@H](N)c1ccc(-c2ccccc2)cc1. The Kier molecular flexibility index (Phi) is 3.57. The number of aliphatic hydroxyl groups is 1. The molecule has 0 bridgehead atoms. The number of benzene rings is 2. The summed E-state index contributed by atoms with van der Waals surface area (Å²) in [6.07, 6.45) is -0.530. The van der Waals surface area contributed by atoms with Crippen molar-refractivity contribution in [1.29, 1.82) is 0 Å². The van der Waals surface area contributed by atoms with E-state index >= 15 is 0 Å². The van der Waals surface area contributed by atoms with Crippen molar-refractivity contribution < 1.29 is 5.11 Å². The molecule has 2 nitrogen and oxygen atoms in total. The van der Waals surface area contributed by atoms with E-state index < -0.39 is 6.10 Å². The van der Waals surface area contributed by atoms with Crippen molar-refractivity contribution in [2.75, 3.05) is 0 Å². The molecule has 0 aliphatic heterocycles. The highest BCUT2D eigenvalue weighted by Gasteiger charge is 2.11. The molecule has 17 heavy (non-hydrogen) atoms. The van der Waals surface area contributed by atoms with Gasteiger partial charge >= 0.3 is 0 Å². The topological polar surface area (TPSA) is 46.2 Å². The molecule has 3 N–H and O–H groups in total. The summed E-state index contributed by atoms with van der Waals surface area (Å²) in [5.41, 5.74) is 9.18. The molecule has 0 fully saturated rings. The molecule has 0 aliphatic rings. The van der Waals surface area contributed by atoms with Gasteiger partial charge in [-0.3, -0.25) is 0 Å². The second-order valence-corrected chi connectivity index (χ2v) is 4.25. The van der Waals surface area contributed by atoms with Crippen molar-refractivity contribution in [3.8, 4) is 11.1 Å². The summed E-state index contributed by atoms with van der Waals surface area (Å²) in [4.78, 5) is 0. The first kappa shape index (κ1) is 11.8. The fraction of sp³-hybridized carbons (Fsp3) is 0.200. The van der Waals surface area contributed by atoms with Crippen LogP contribution in [0.25, 0.3) is 11.1 Å². The highest BCUT2D eigenvalue weighted by atomic mass is 16.3. The maximum absolute atomic E-state index is 9.44. The second kappa shape index (κ2) is 5.13. The molecule has 0 aromatic heterocycles. The van der Waals surface area contributed by atoms with E-state index in [1.165, 1.54) is 5.56 Å². The molecule has 2 rings (SSSR count). The summed E-state index contributed by atoms with van der Waals surface area (Å²) in [5, 5.41) is 9.44. The maximum Gasteiger partial charge on any atom is 0.0704 e. The van der Waals surface area contributed by atoms with Gasteiger partial charge in [0.25, 0.3) is 0 Å². The van der Waals surface area contributed by atoms with Crippen LogP contribution in [0.15, 0.2) is 54.6 Å². The molecule has 2 aromatic carbocycles. The molecule has 0 unspecified atom stereocenters. The quantitative estimate of drug-likeness (QED) is 0.847. The van der Waals surface area contributed by atoms with E-state index in [2.05, 4.69) is 12.1 Å². The van der Waals surface area contributed by atoms with Gasteiger partial charge in [0.15, 0.2) is 0 Å². The lowest BCUT2D eigenvalue weighted by Crippen LogP contribution is -2.22. The third-order valence-electron chi connectivity index (χ3n) is 2.92. The van der Waals surface area contributed by atoms with Crippen LogP contribution in [0.4, 0.5) is 0 Å². The summed E-state index contributed by atoms with van der Waals surface area (Å²) in [6, 6.07) is 17.9. The minimum atomic E-state index is -0.530. The minimum Gasteiger partial charge on any atom is -0.391 e. The van der Waals surface area contributed by atoms with E-state index in [9.17, 15) is 5.11 Å². The molecular weight excluding hydrogens is 210 g/mol. The molecule has 2 atom stereocenters. The van der Waals surface area contributed by atoms with Crippen LogP contribution in [-0.2, 0) is 0 Å². The van der Waals surface area contributed by atoms with Crippen molar-refractivity contribution in [1.82, 2.24) is 0 Å². The fourth-order valence-electron chi connectivity index (χ4n) is 1.81. The molecule has 0 heterocycles. The van der Waals surface area contributed by atoms with E-state index in [4.69, 9.17) is 5.73 Å². The van der Waals surface area contributed by atoms with Gasteiger partial charge in [0.05, 0.1) is 12.1 Å². The van der Waals surface area contributed by atoms with Gasteiger partial charge in [-0.15, -0.1) is 0 Å². The molecule has 2 aromatic rings. The predicted octanol–water partition coefficient (Wildman–Crippen LogP) is 2.73. The first-order chi connectivity index (χ1) is 8.18. The highest BCUT2D eigenvalue weighted by Crippen LogP contribution is 2.22. The molecule has 2 heteroatoms. The standard InChI is InChI=1S/C15H17NO/c1-11(17)15(16)14-9-7-13(8-10-14)12-5-3-2-4-6-12/h2-11,15,17H,16H2,1H3/t11-,15-/m1/s1. The summed E-state index contributed by atoms with van der Waals surface area (Å²) in [6.45, 7) is 1.70. The van der Waals surface area contributed by atoms with Crippen LogP contribution in [0.2, 0.25) is 0 Å². The third-order valence-corrected chi connectivity index (χ3v) is 2.92.